The maximum atomic E-state index is 12.4. The topological polar surface area (TPSA) is 50.7 Å². The van der Waals surface area contributed by atoms with Crippen molar-refractivity contribution in [2.45, 2.75) is 13.0 Å². The monoisotopic (exact) mass is 504 g/mol. The molecule has 0 unspecified atom stereocenters. The molecule has 3 rings (SSSR count). The second kappa shape index (κ2) is 9.50. The first-order valence-corrected chi connectivity index (χ1v) is 11.7. The zero-order chi connectivity index (χ0) is 20.0. The van der Waals surface area contributed by atoms with Gasteiger partial charge in [-0.05, 0) is 41.1 Å². The van der Waals surface area contributed by atoms with Gasteiger partial charge in [-0.15, -0.1) is 0 Å². The summed E-state index contributed by atoms with van der Waals surface area (Å²) in [5.41, 5.74) is 1.13. The van der Waals surface area contributed by atoms with Gasteiger partial charge in [0.15, 0.2) is 0 Å². The van der Waals surface area contributed by atoms with Crippen LogP contribution in [0.15, 0.2) is 89.7 Å². The van der Waals surface area contributed by atoms with Crippen molar-refractivity contribution in [2.24, 2.45) is 4.74 Å². The van der Waals surface area contributed by atoms with Gasteiger partial charge in [0.05, 0.1) is 7.11 Å². The molecule has 0 heterocycles. The molecule has 4 nitrogen and oxygen atoms in total. The van der Waals surface area contributed by atoms with Crippen LogP contribution in [0.5, 0.6) is 0 Å². The Labute approximate surface area is 179 Å². The number of benzene rings is 3. The van der Waals surface area contributed by atoms with E-state index in [1.54, 1.807) is 0 Å². The first kappa shape index (κ1) is 20.8. The Morgan fingerprint density at radius 3 is 2.14 bits per heavy atom. The Bertz CT molecular complexity index is 994. The summed E-state index contributed by atoms with van der Waals surface area (Å²) in [5, 5.41) is 5.71. The van der Waals surface area contributed by atoms with E-state index in [2.05, 4.69) is 51.5 Å². The molecule has 3 aromatic carbocycles. The molecule has 1 amide bonds. The van der Waals surface area contributed by atoms with Crippen LogP contribution in [0.1, 0.15) is 18.5 Å². The molecule has 2 atom stereocenters. The molecular weight excluding hydrogens is 482 g/mol. The second-order valence-corrected chi connectivity index (χ2v) is 10.1. The average Bonchev–Trinajstić information content (AvgIpc) is 2.74. The fourth-order valence-electron chi connectivity index (χ4n) is 3.04. The smallest absolute Gasteiger partial charge is 0.433 e. The van der Waals surface area contributed by atoms with E-state index in [1.807, 2.05) is 72.8 Å². The lowest BCUT2D eigenvalue weighted by Gasteiger charge is -2.30. The van der Waals surface area contributed by atoms with E-state index in [1.165, 1.54) is 7.11 Å². The van der Waals surface area contributed by atoms with Crippen molar-refractivity contribution in [3.8, 4) is 0 Å². The molecule has 144 valence electrons. The van der Waals surface area contributed by atoms with E-state index in [-0.39, 0.29) is 6.04 Å². The first-order chi connectivity index (χ1) is 13.6. The van der Waals surface area contributed by atoms with Gasteiger partial charge in [-0.1, -0.05) is 78.9 Å². The van der Waals surface area contributed by atoms with E-state index in [0.717, 1.165) is 19.7 Å². The molecule has 0 saturated carbocycles. The van der Waals surface area contributed by atoms with E-state index in [9.17, 15) is 4.79 Å². The molecule has 0 saturated heterocycles. The molecule has 0 fully saturated rings. The Kier molecular flexibility index (Phi) is 7.05. The van der Waals surface area contributed by atoms with Crippen molar-refractivity contribution in [1.82, 2.24) is 5.09 Å². The molecule has 28 heavy (non-hydrogen) atoms. The van der Waals surface area contributed by atoms with E-state index < -0.39 is 13.3 Å². The Hall–Kier alpha value is -1.95. The zero-order valence-corrected chi connectivity index (χ0v) is 18.8. The van der Waals surface area contributed by atoms with Crippen molar-refractivity contribution in [1.29, 1.82) is 0 Å². The summed E-state index contributed by atoms with van der Waals surface area (Å²) in [6, 6.07) is 28.2. The molecule has 3 aromatic rings. The maximum absolute atomic E-state index is 12.4. The van der Waals surface area contributed by atoms with Gasteiger partial charge >= 0.3 is 6.09 Å². The van der Waals surface area contributed by atoms with Gasteiger partial charge in [0.2, 0.25) is 0 Å². The molecule has 0 aliphatic heterocycles. The third kappa shape index (κ3) is 4.54. The summed E-state index contributed by atoms with van der Waals surface area (Å²) in [6.45, 7) is 2.09. The summed E-state index contributed by atoms with van der Waals surface area (Å²) < 4.78 is 10.6. The molecule has 6 heteroatoms. The fraction of sp³-hybridized carbons (Fsp3) is 0.136. The number of methoxy groups -OCH3 is 1. The Morgan fingerprint density at radius 2 is 1.54 bits per heavy atom. The van der Waals surface area contributed by atoms with Crippen molar-refractivity contribution < 1.29 is 9.53 Å². The maximum Gasteiger partial charge on any atom is 0.433 e. The van der Waals surface area contributed by atoms with Gasteiger partial charge in [0.1, 0.15) is 7.21 Å². The highest BCUT2D eigenvalue weighted by Gasteiger charge is 2.30. The zero-order valence-electron chi connectivity index (χ0n) is 15.7. The van der Waals surface area contributed by atoms with Crippen LogP contribution in [-0.4, -0.2) is 13.2 Å². The highest BCUT2D eigenvalue weighted by Crippen LogP contribution is 2.47. The van der Waals surface area contributed by atoms with Gasteiger partial charge in [0, 0.05) is 20.2 Å². The lowest BCUT2D eigenvalue weighted by molar-refractivity contribution is 0.183. The number of carbonyl (C=O) groups excluding carboxylic acids is 1. The van der Waals surface area contributed by atoms with Crippen LogP contribution < -0.4 is 15.7 Å². The number of halogens is 1. The summed E-state index contributed by atoms with van der Waals surface area (Å²) in [7, 11) is -1.28. The highest BCUT2D eigenvalue weighted by atomic mass is 127. The predicted octanol–water partition coefficient (Wildman–Crippen LogP) is 5.48. The number of carbonyl (C=O) groups is 1. The van der Waals surface area contributed by atoms with Gasteiger partial charge < -0.3 is 4.74 Å². The number of ether oxygens (including phenoxy) is 1. The number of rotatable bonds is 5. The minimum atomic E-state index is -2.64. The summed E-state index contributed by atoms with van der Waals surface area (Å²) >= 11 is 2.31. The van der Waals surface area contributed by atoms with Crippen molar-refractivity contribution in [3.63, 3.8) is 0 Å². The van der Waals surface area contributed by atoms with Gasteiger partial charge in [0.25, 0.3) is 0 Å². The lowest BCUT2D eigenvalue weighted by Crippen LogP contribution is -2.32. The largest absolute Gasteiger partial charge is 0.451 e. The van der Waals surface area contributed by atoms with Gasteiger partial charge in [-0.2, -0.15) is 4.74 Å². The SMILES string of the molecule is COC(=O)N=[P@](N[C@H](C)c1ccccc1)(c1ccccc1)c1ccccc1I. The Balaban J connectivity index is 2.26. The van der Waals surface area contributed by atoms with Crippen molar-refractivity contribution >= 4 is 46.5 Å². The molecule has 1 N–H and O–H groups in total. The van der Waals surface area contributed by atoms with Crippen LogP contribution in [0, 0.1) is 3.57 Å². The van der Waals surface area contributed by atoms with Crippen LogP contribution in [-0.2, 0) is 4.74 Å². The number of hydrogen-bond acceptors (Lipinski definition) is 2. The van der Waals surface area contributed by atoms with Crippen LogP contribution in [0.3, 0.4) is 0 Å². The van der Waals surface area contributed by atoms with Crippen LogP contribution in [0.25, 0.3) is 0 Å². The molecule has 0 aliphatic carbocycles. The highest BCUT2D eigenvalue weighted by molar-refractivity contribution is 14.1. The molecule has 0 spiro atoms. The molecular formula is C22H22IN2O2P. The normalized spacial score (nSPS) is 14.0. The van der Waals surface area contributed by atoms with Gasteiger partial charge in [-0.3, -0.25) is 5.09 Å². The molecule has 0 radical (unpaired) electrons. The minimum Gasteiger partial charge on any atom is -0.451 e. The third-order valence-corrected chi connectivity index (χ3v) is 9.14. The first-order valence-electron chi connectivity index (χ1n) is 8.90. The number of amides is 1. The van der Waals surface area contributed by atoms with E-state index >= 15 is 0 Å². The van der Waals surface area contributed by atoms with E-state index in [0.29, 0.717) is 0 Å². The van der Waals surface area contributed by atoms with Crippen molar-refractivity contribution in [3.05, 3.63) is 94.1 Å². The minimum absolute atomic E-state index is 0.0147. The number of hydrogen-bond donors (Lipinski definition) is 1. The van der Waals surface area contributed by atoms with Crippen LogP contribution in [0.2, 0.25) is 0 Å². The number of nitrogens with zero attached hydrogens (tertiary/aromatic N) is 1. The van der Waals surface area contributed by atoms with Crippen LogP contribution >= 0.6 is 29.8 Å². The lowest BCUT2D eigenvalue weighted by atomic mass is 10.1. The summed E-state index contributed by atoms with van der Waals surface area (Å²) in [5.74, 6) is 0. The molecule has 0 aromatic heterocycles. The molecule has 0 bridgehead atoms. The third-order valence-electron chi connectivity index (χ3n) is 4.42. The summed E-state index contributed by atoms with van der Waals surface area (Å²) in [6.07, 6.45) is -0.579. The fourth-order valence-corrected chi connectivity index (χ4v) is 7.65. The summed E-state index contributed by atoms with van der Waals surface area (Å²) in [4.78, 5) is 12.4. The predicted molar refractivity (Wildman–Crippen MR) is 125 cm³/mol. The van der Waals surface area contributed by atoms with Crippen LogP contribution in [0.4, 0.5) is 4.79 Å². The van der Waals surface area contributed by atoms with Gasteiger partial charge in [-0.25, -0.2) is 4.79 Å². The average molecular weight is 504 g/mol. The second-order valence-electron chi connectivity index (χ2n) is 6.25. The molecule has 0 aliphatic rings. The Morgan fingerprint density at radius 1 is 0.964 bits per heavy atom. The quantitative estimate of drug-likeness (QED) is 0.370. The number of nitrogens with one attached hydrogen (secondary N) is 1. The van der Waals surface area contributed by atoms with E-state index in [4.69, 9.17) is 4.74 Å². The van der Waals surface area contributed by atoms with Crippen molar-refractivity contribution in [2.75, 3.05) is 7.11 Å². The standard InChI is InChI=1S/C22H22IN2O2P/c1-17(18-11-5-3-6-12-18)24-28(25-22(26)27-2,19-13-7-4-8-14-19)21-16-10-9-15-20(21)23/h3-17,24H,1-2H3/t17-,28-/m1/s1.